The highest BCUT2D eigenvalue weighted by molar-refractivity contribution is 6.65. The standard InChI is InChI=1S/C30H41BClNO7/c1-6-28(4)13-18(29(5)15(2)9-11-30(16(3)26(28)35)12-10-19(34)25(29)30)24(27(36)37)39-20-8-7-17-21(14-33)40-31(38)22(17)23(20)32/h6-8,15-16,18,21,24-26,35,38H,1,9-14,33H2,2-5H3,(H,36,37)/t15-,16-,18-,21?,24?,25-,26-,28+,29+,30-/m0/s1. The number of carboxylic acid groups (broad SMARTS) is 1. The highest BCUT2D eigenvalue weighted by Gasteiger charge is 2.69. The first-order chi connectivity index (χ1) is 18.8. The third-order valence-corrected chi connectivity index (χ3v) is 12.0. The number of carbonyl (C=O) groups is 2. The van der Waals surface area contributed by atoms with Crippen LogP contribution < -0.4 is 15.9 Å². The zero-order valence-corrected chi connectivity index (χ0v) is 24.5. The van der Waals surface area contributed by atoms with Gasteiger partial charge in [-0.15, -0.1) is 6.58 Å². The van der Waals surface area contributed by atoms with Crippen molar-refractivity contribution in [1.29, 1.82) is 0 Å². The molecule has 10 heteroatoms. The summed E-state index contributed by atoms with van der Waals surface area (Å²) in [7, 11) is -1.31. The van der Waals surface area contributed by atoms with E-state index < -0.39 is 59.5 Å². The first-order valence-electron chi connectivity index (χ1n) is 14.4. The summed E-state index contributed by atoms with van der Waals surface area (Å²) in [4.78, 5) is 26.8. The summed E-state index contributed by atoms with van der Waals surface area (Å²) < 4.78 is 11.8. The van der Waals surface area contributed by atoms with E-state index in [9.17, 15) is 24.8 Å². The number of hydrogen-bond acceptors (Lipinski definition) is 7. The molecule has 5 N–H and O–H groups in total. The van der Waals surface area contributed by atoms with Crippen molar-refractivity contribution < 1.29 is 34.2 Å². The molecular formula is C30H41BClNO7. The topological polar surface area (TPSA) is 139 Å². The van der Waals surface area contributed by atoms with Crippen LogP contribution in [0.25, 0.3) is 0 Å². The second-order valence-electron chi connectivity index (χ2n) is 13.2. The van der Waals surface area contributed by atoms with Gasteiger partial charge in [0.1, 0.15) is 11.5 Å². The van der Waals surface area contributed by atoms with Crippen LogP contribution >= 0.6 is 11.6 Å². The second-order valence-corrected chi connectivity index (χ2v) is 13.5. The van der Waals surface area contributed by atoms with Gasteiger partial charge in [-0.2, -0.15) is 0 Å². The monoisotopic (exact) mass is 573 g/mol. The Morgan fingerprint density at radius 1 is 1.35 bits per heavy atom. The summed E-state index contributed by atoms with van der Waals surface area (Å²) in [6.07, 6.45) is 2.04. The largest absolute Gasteiger partial charge is 0.493 e. The maximum Gasteiger partial charge on any atom is 0.493 e. The maximum atomic E-state index is 13.7. The number of benzene rings is 1. The average molecular weight is 574 g/mol. The van der Waals surface area contributed by atoms with Crippen LogP contribution in [0.2, 0.25) is 5.02 Å². The number of hydrogen-bond donors (Lipinski definition) is 4. The number of nitrogens with two attached hydrogens (primary N) is 1. The van der Waals surface area contributed by atoms with Crippen LogP contribution in [0.15, 0.2) is 24.8 Å². The molecular weight excluding hydrogens is 533 g/mol. The lowest BCUT2D eigenvalue weighted by Gasteiger charge is -2.63. The molecule has 10 atom stereocenters. The van der Waals surface area contributed by atoms with E-state index in [0.29, 0.717) is 23.9 Å². The van der Waals surface area contributed by atoms with Crippen LogP contribution in [0.3, 0.4) is 0 Å². The van der Waals surface area contributed by atoms with E-state index in [2.05, 4.69) is 20.4 Å². The minimum Gasteiger partial charge on any atom is -0.478 e. The fraction of sp³-hybridized carbons (Fsp3) is 0.667. The van der Waals surface area contributed by atoms with E-state index in [4.69, 9.17) is 26.7 Å². The Hall–Kier alpha value is -1.91. The normalized spacial score (nSPS) is 41.5. The van der Waals surface area contributed by atoms with Gasteiger partial charge < -0.3 is 30.4 Å². The van der Waals surface area contributed by atoms with Gasteiger partial charge in [-0.25, -0.2) is 4.79 Å². The lowest BCUT2D eigenvalue weighted by Crippen LogP contribution is -2.63. The number of Topliss-reactive ketones (excluding diaryl/α,β-unsaturated/α-hetero) is 1. The molecule has 0 amide bonds. The molecule has 0 saturated heterocycles. The smallest absolute Gasteiger partial charge is 0.478 e. The van der Waals surface area contributed by atoms with Gasteiger partial charge in [0.05, 0.1) is 17.2 Å². The summed E-state index contributed by atoms with van der Waals surface area (Å²) in [6.45, 7) is 12.3. The fourth-order valence-corrected chi connectivity index (χ4v) is 9.36. The molecule has 2 bridgehead atoms. The van der Waals surface area contributed by atoms with Crippen LogP contribution in [-0.4, -0.2) is 52.9 Å². The van der Waals surface area contributed by atoms with Gasteiger partial charge in [0.15, 0.2) is 6.10 Å². The summed E-state index contributed by atoms with van der Waals surface area (Å²) in [5, 5.41) is 33.1. The van der Waals surface area contributed by atoms with Crippen molar-refractivity contribution >= 4 is 35.9 Å². The van der Waals surface area contributed by atoms with Crippen LogP contribution in [-0.2, 0) is 14.2 Å². The van der Waals surface area contributed by atoms with Crippen molar-refractivity contribution in [2.45, 2.75) is 78.1 Å². The number of carbonyl (C=O) groups excluding carboxylic acids is 1. The Labute approximate surface area is 241 Å². The first-order valence-corrected chi connectivity index (χ1v) is 14.7. The van der Waals surface area contributed by atoms with Gasteiger partial charge in [0.2, 0.25) is 0 Å². The molecule has 4 aliphatic rings. The van der Waals surface area contributed by atoms with Gasteiger partial charge in [-0.3, -0.25) is 4.79 Å². The van der Waals surface area contributed by atoms with E-state index in [0.717, 1.165) is 12.8 Å². The van der Waals surface area contributed by atoms with Crippen LogP contribution in [0.4, 0.5) is 0 Å². The molecule has 40 heavy (non-hydrogen) atoms. The molecule has 5 rings (SSSR count). The molecule has 1 heterocycles. The number of aliphatic hydroxyl groups excluding tert-OH is 1. The third kappa shape index (κ3) is 4.03. The van der Waals surface area contributed by atoms with E-state index in [-0.39, 0.29) is 41.4 Å². The Bertz CT molecular complexity index is 1230. The number of fused-ring (bicyclic) bond motifs is 1. The number of rotatable bonds is 6. The molecule has 0 aromatic heterocycles. The first kappa shape index (κ1) is 29.6. The summed E-state index contributed by atoms with van der Waals surface area (Å²) in [6, 6.07) is 3.28. The number of ketones is 1. The summed E-state index contributed by atoms with van der Waals surface area (Å²) in [5.74, 6) is -2.09. The second kappa shape index (κ2) is 10.1. The van der Waals surface area contributed by atoms with Crippen molar-refractivity contribution in [3.05, 3.63) is 35.4 Å². The Kier molecular flexibility index (Phi) is 7.49. The predicted octanol–water partition coefficient (Wildman–Crippen LogP) is 3.50. The maximum absolute atomic E-state index is 13.7. The van der Waals surface area contributed by atoms with Gasteiger partial charge in [-0.1, -0.05) is 51.4 Å². The third-order valence-electron chi connectivity index (χ3n) is 11.6. The van der Waals surface area contributed by atoms with Crippen LogP contribution in [0.5, 0.6) is 5.75 Å². The van der Waals surface area contributed by atoms with Crippen LogP contribution in [0, 0.1) is 39.9 Å². The molecule has 3 saturated carbocycles. The quantitative estimate of drug-likeness (QED) is 0.300. The van der Waals surface area contributed by atoms with E-state index in [1.165, 1.54) is 0 Å². The Morgan fingerprint density at radius 2 is 2.05 bits per heavy atom. The summed E-state index contributed by atoms with van der Waals surface area (Å²) in [5.41, 5.74) is 4.78. The average Bonchev–Trinajstić information content (AvgIpc) is 3.45. The molecule has 218 valence electrons. The van der Waals surface area contributed by atoms with Gasteiger partial charge in [0, 0.05) is 35.7 Å². The fourth-order valence-electron chi connectivity index (χ4n) is 9.05. The minimum absolute atomic E-state index is 0.0376. The van der Waals surface area contributed by atoms with Gasteiger partial charge in [-0.05, 0) is 60.0 Å². The number of halogens is 1. The van der Waals surface area contributed by atoms with Crippen molar-refractivity contribution in [2.24, 2.45) is 45.7 Å². The highest BCUT2D eigenvalue weighted by Crippen LogP contribution is 2.69. The van der Waals surface area contributed by atoms with Gasteiger partial charge in [0.25, 0.3) is 0 Å². The highest BCUT2D eigenvalue weighted by atomic mass is 35.5. The number of carboxylic acids is 1. The Balaban J connectivity index is 1.66. The van der Waals surface area contributed by atoms with Gasteiger partial charge >= 0.3 is 13.1 Å². The molecule has 3 aliphatic carbocycles. The van der Waals surface area contributed by atoms with Crippen molar-refractivity contribution in [3.8, 4) is 5.75 Å². The molecule has 1 aromatic carbocycles. The summed E-state index contributed by atoms with van der Waals surface area (Å²) >= 11 is 6.71. The predicted molar refractivity (Wildman–Crippen MR) is 152 cm³/mol. The molecule has 0 radical (unpaired) electrons. The Morgan fingerprint density at radius 3 is 2.67 bits per heavy atom. The molecule has 1 aliphatic heterocycles. The molecule has 8 nitrogen and oxygen atoms in total. The number of ether oxygens (including phenoxy) is 1. The van der Waals surface area contributed by atoms with E-state index >= 15 is 0 Å². The minimum atomic E-state index is -1.38. The van der Waals surface area contributed by atoms with Crippen molar-refractivity contribution in [2.75, 3.05) is 6.54 Å². The zero-order chi connectivity index (χ0) is 29.4. The van der Waals surface area contributed by atoms with Crippen LogP contribution in [0.1, 0.15) is 71.5 Å². The molecule has 2 unspecified atom stereocenters. The number of aliphatic carboxylic acids is 1. The van der Waals surface area contributed by atoms with Crippen molar-refractivity contribution in [3.63, 3.8) is 0 Å². The molecule has 3 fully saturated rings. The lowest BCUT2D eigenvalue weighted by atomic mass is 9.41. The number of aliphatic hydroxyl groups is 1. The lowest BCUT2D eigenvalue weighted by molar-refractivity contribution is -0.193. The zero-order valence-electron chi connectivity index (χ0n) is 23.7. The SMILES string of the molecule is C=C[C@]1(C)C[C@@H](C(Oc2ccc3c(c2Cl)B(O)OC3CN)C(=O)O)[C@]2(C)[C@@H]3C(=O)CC[C@@]3(CC[C@@H]2C)[C@@H](C)[C@@H]1O. The molecule has 0 spiro atoms. The molecule has 1 aromatic rings. The van der Waals surface area contributed by atoms with E-state index in [1.807, 2.05) is 13.8 Å². The van der Waals surface area contributed by atoms with Crippen molar-refractivity contribution in [1.82, 2.24) is 0 Å². The van der Waals surface area contributed by atoms with E-state index in [1.54, 1.807) is 18.2 Å².